The summed E-state index contributed by atoms with van der Waals surface area (Å²) in [5, 5.41) is 37.8. The van der Waals surface area contributed by atoms with Crippen molar-refractivity contribution >= 4 is 11.7 Å². The van der Waals surface area contributed by atoms with E-state index in [1.807, 2.05) is 34.6 Å². The van der Waals surface area contributed by atoms with Crippen molar-refractivity contribution in [3.8, 4) is 0 Å². The molecule has 0 saturated carbocycles. The Labute approximate surface area is 278 Å². The van der Waals surface area contributed by atoms with Crippen LogP contribution in [0.4, 0.5) is 0 Å². The number of hydrogen-bond donors (Lipinski definition) is 4. The summed E-state index contributed by atoms with van der Waals surface area (Å²) in [6, 6.07) is 0. The largest absolute Gasteiger partial charge is 0.459 e. The van der Waals surface area contributed by atoms with Crippen molar-refractivity contribution in [1.29, 1.82) is 0 Å². The van der Waals surface area contributed by atoms with Crippen LogP contribution in [0.15, 0.2) is 4.99 Å². The highest BCUT2D eigenvalue weighted by molar-refractivity contribution is 5.89. The summed E-state index contributed by atoms with van der Waals surface area (Å²) in [6.07, 6.45) is 0.284. The normalized spacial score (nSPS) is 47.8. The fourth-order valence-electron chi connectivity index (χ4n) is 8.66. The highest BCUT2D eigenvalue weighted by atomic mass is 16.6. The number of rotatable bonds is 7. The fraction of sp³-hybridized carbons (Fsp3) is 0.944. The van der Waals surface area contributed by atoms with Crippen LogP contribution in [-0.2, 0) is 23.7 Å². The molecule has 0 aliphatic carbocycles. The first kappa shape index (κ1) is 39.3. The number of aliphatic hydroxyl groups is 3. The SMILES string of the molecule is CC[C@H]1OC(=O)[C@H](C)[C@@H](C[C@H]2C[C@@](C)(OC)[C@@H](O)[C@H](C)O2)[C@H](C)C[C@](C)(OC)C[C@@H](C)C(=NCC2CCNC2)C(C)C(O)[C@]1(C)O. The average Bonchev–Trinajstić information content (AvgIpc) is 3.53. The van der Waals surface area contributed by atoms with Gasteiger partial charge in [-0.2, -0.15) is 0 Å². The average molecular weight is 655 g/mol. The Bertz CT molecular complexity index is 1020. The monoisotopic (exact) mass is 654 g/mol. The topological polar surface area (TPSA) is 139 Å². The lowest BCUT2D eigenvalue weighted by Crippen LogP contribution is -2.57. The molecule has 14 atom stereocenters. The van der Waals surface area contributed by atoms with Gasteiger partial charge in [0.2, 0.25) is 0 Å². The van der Waals surface area contributed by atoms with Crippen LogP contribution < -0.4 is 5.32 Å². The number of esters is 1. The van der Waals surface area contributed by atoms with E-state index in [9.17, 15) is 20.1 Å². The van der Waals surface area contributed by atoms with Gasteiger partial charge in [-0.3, -0.25) is 9.79 Å². The molecule has 3 heterocycles. The van der Waals surface area contributed by atoms with Gasteiger partial charge in [0.25, 0.3) is 0 Å². The third-order valence-corrected chi connectivity index (χ3v) is 11.9. The third-order valence-electron chi connectivity index (χ3n) is 11.9. The minimum absolute atomic E-state index is 0.0279. The van der Waals surface area contributed by atoms with Crippen LogP contribution in [0.1, 0.15) is 101 Å². The first-order valence-electron chi connectivity index (χ1n) is 17.7. The van der Waals surface area contributed by atoms with E-state index in [1.165, 1.54) is 0 Å². The van der Waals surface area contributed by atoms with E-state index in [-0.39, 0.29) is 23.9 Å². The molecule has 0 amide bonds. The predicted octanol–water partition coefficient (Wildman–Crippen LogP) is 4.16. The molecule has 10 nitrogen and oxygen atoms in total. The van der Waals surface area contributed by atoms with Gasteiger partial charge < -0.3 is 39.6 Å². The van der Waals surface area contributed by atoms with Gasteiger partial charge >= 0.3 is 5.97 Å². The van der Waals surface area contributed by atoms with Crippen LogP contribution in [0, 0.1) is 35.5 Å². The summed E-state index contributed by atoms with van der Waals surface area (Å²) < 4.78 is 24.4. The summed E-state index contributed by atoms with van der Waals surface area (Å²) in [5.41, 5.74) is -2.15. The van der Waals surface area contributed by atoms with Crippen LogP contribution in [0.3, 0.4) is 0 Å². The highest BCUT2D eigenvalue weighted by Crippen LogP contribution is 2.42. The zero-order valence-corrected chi connectivity index (χ0v) is 30.5. The minimum Gasteiger partial charge on any atom is -0.459 e. The first-order valence-corrected chi connectivity index (χ1v) is 17.7. The molecule has 3 saturated heterocycles. The van der Waals surface area contributed by atoms with E-state index in [0.717, 1.165) is 25.2 Å². The van der Waals surface area contributed by atoms with Gasteiger partial charge in [-0.25, -0.2) is 0 Å². The standard InChI is InChI=1S/C36H66N2O8/c1-12-29-36(9,42)31(39)24(5)30(38-20-26-13-14-37-19-26)22(3)17-34(7,43-10)16-21(2)28(23(4)33(41)46-29)15-27-18-35(8,44-11)32(40)25(6)45-27/h21-29,31-32,37,39-40,42H,12-20H2,1-11H3/t21-,22-,23-,24?,25+,26?,27+,28+,29-,31?,32+,34+,35-,36-/m1/s1. The van der Waals surface area contributed by atoms with Crippen molar-refractivity contribution in [2.75, 3.05) is 33.9 Å². The number of hydrogen-bond acceptors (Lipinski definition) is 10. The number of carbonyl (C=O) groups excluding carboxylic acids is 1. The maximum Gasteiger partial charge on any atom is 0.309 e. The van der Waals surface area contributed by atoms with Crippen LogP contribution in [0.5, 0.6) is 0 Å². The number of nitrogens with zero attached hydrogens (tertiary/aromatic N) is 1. The lowest BCUT2D eigenvalue weighted by Gasteiger charge is -2.46. The Hall–Kier alpha value is -1.14. The van der Waals surface area contributed by atoms with Gasteiger partial charge in [0.15, 0.2) is 0 Å². The van der Waals surface area contributed by atoms with Crippen LogP contribution in [-0.4, -0.2) is 108 Å². The molecule has 0 bridgehead atoms. The molecule has 3 rings (SSSR count). The maximum absolute atomic E-state index is 13.9. The zero-order valence-electron chi connectivity index (χ0n) is 30.5. The number of aliphatic imine (C=N–C) groups is 1. The van der Waals surface area contributed by atoms with E-state index in [4.69, 9.17) is 23.9 Å². The van der Waals surface area contributed by atoms with Crippen molar-refractivity contribution in [3.05, 3.63) is 0 Å². The Morgan fingerprint density at radius 2 is 1.65 bits per heavy atom. The molecule has 3 fully saturated rings. The first-order chi connectivity index (χ1) is 21.4. The van der Waals surface area contributed by atoms with Crippen molar-refractivity contribution in [2.24, 2.45) is 40.5 Å². The second-order valence-corrected chi connectivity index (χ2v) is 15.7. The second-order valence-electron chi connectivity index (χ2n) is 15.7. The van der Waals surface area contributed by atoms with E-state index < -0.39 is 59.0 Å². The Kier molecular flexibility index (Phi) is 13.7. The molecule has 3 aliphatic heterocycles. The Balaban J connectivity index is 2.03. The van der Waals surface area contributed by atoms with Gasteiger partial charge in [-0.15, -0.1) is 0 Å². The quantitative estimate of drug-likeness (QED) is 0.298. The summed E-state index contributed by atoms with van der Waals surface area (Å²) in [7, 11) is 3.35. The van der Waals surface area contributed by atoms with Crippen LogP contribution >= 0.6 is 0 Å². The predicted molar refractivity (Wildman–Crippen MR) is 180 cm³/mol. The third kappa shape index (κ3) is 8.90. The second kappa shape index (κ2) is 16.0. The van der Waals surface area contributed by atoms with E-state index in [0.29, 0.717) is 44.6 Å². The van der Waals surface area contributed by atoms with Gasteiger partial charge in [0.05, 0.1) is 35.4 Å². The molecule has 3 aliphatic rings. The number of methoxy groups -OCH3 is 2. The fourth-order valence-corrected chi connectivity index (χ4v) is 8.66. The number of aliphatic hydroxyl groups excluding tert-OH is 2. The molecular formula is C36H66N2O8. The van der Waals surface area contributed by atoms with Gasteiger partial charge in [-0.05, 0) is 96.6 Å². The molecule has 0 spiro atoms. The van der Waals surface area contributed by atoms with Gasteiger partial charge in [-0.1, -0.05) is 34.6 Å². The van der Waals surface area contributed by atoms with Crippen molar-refractivity contribution in [2.45, 2.75) is 148 Å². The molecule has 3 unspecified atom stereocenters. The molecule has 46 heavy (non-hydrogen) atoms. The summed E-state index contributed by atoms with van der Waals surface area (Å²) in [4.78, 5) is 19.1. The lowest BCUT2D eigenvalue weighted by atomic mass is 9.70. The van der Waals surface area contributed by atoms with Crippen molar-refractivity contribution < 1.29 is 39.1 Å². The summed E-state index contributed by atoms with van der Waals surface area (Å²) >= 11 is 0. The molecule has 268 valence electrons. The van der Waals surface area contributed by atoms with Crippen molar-refractivity contribution in [3.63, 3.8) is 0 Å². The zero-order chi connectivity index (χ0) is 34.6. The Morgan fingerprint density at radius 1 is 0.978 bits per heavy atom. The number of cyclic esters (lactones) is 1. The molecule has 10 heteroatoms. The number of ether oxygens (including phenoxy) is 4. The van der Waals surface area contributed by atoms with Gasteiger partial charge in [0, 0.05) is 38.8 Å². The maximum atomic E-state index is 13.9. The van der Waals surface area contributed by atoms with E-state index in [2.05, 4.69) is 26.1 Å². The van der Waals surface area contributed by atoms with Crippen LogP contribution in [0.25, 0.3) is 0 Å². The molecule has 0 aromatic carbocycles. The molecule has 4 N–H and O–H groups in total. The molecular weight excluding hydrogens is 588 g/mol. The number of nitrogens with one attached hydrogen (secondary N) is 1. The van der Waals surface area contributed by atoms with Crippen molar-refractivity contribution in [1.82, 2.24) is 5.32 Å². The summed E-state index contributed by atoms with van der Waals surface area (Å²) in [5.74, 6) is -1.10. The Morgan fingerprint density at radius 3 is 2.22 bits per heavy atom. The lowest BCUT2D eigenvalue weighted by molar-refractivity contribution is -0.219. The smallest absolute Gasteiger partial charge is 0.309 e. The van der Waals surface area contributed by atoms with Crippen LogP contribution in [0.2, 0.25) is 0 Å². The van der Waals surface area contributed by atoms with E-state index >= 15 is 0 Å². The molecule has 0 radical (unpaired) electrons. The molecule has 0 aromatic heterocycles. The minimum atomic E-state index is -1.70. The van der Waals surface area contributed by atoms with E-state index in [1.54, 1.807) is 21.1 Å². The summed E-state index contributed by atoms with van der Waals surface area (Å²) in [6.45, 7) is 20.0. The number of carbonyl (C=O) groups is 1. The highest BCUT2D eigenvalue weighted by Gasteiger charge is 2.49. The van der Waals surface area contributed by atoms with Gasteiger partial charge in [0.1, 0.15) is 17.8 Å². The molecule has 0 aromatic rings.